The topological polar surface area (TPSA) is 16.1 Å². The third-order valence-corrected chi connectivity index (χ3v) is 4.54. The van der Waals surface area contributed by atoms with Crippen LogP contribution in [0.25, 0.3) is 0 Å². The Kier molecular flexibility index (Phi) is 4.89. The number of nitrogens with zero attached hydrogens (tertiary/aromatic N) is 2. The Labute approximate surface area is 131 Å². The number of rotatable bonds is 4. The first-order valence-corrected chi connectivity index (χ1v) is 8.06. The summed E-state index contributed by atoms with van der Waals surface area (Å²) in [4.78, 5) is 6.77. The van der Waals surface area contributed by atoms with E-state index in [1.807, 2.05) is 30.6 Å². The lowest BCUT2D eigenvalue weighted by molar-refractivity contribution is 0.210. The van der Waals surface area contributed by atoms with E-state index in [0.29, 0.717) is 5.92 Å². The lowest BCUT2D eigenvalue weighted by atomic mass is 9.90. The molecule has 0 aliphatic carbocycles. The molecule has 0 saturated carbocycles. The summed E-state index contributed by atoms with van der Waals surface area (Å²) in [5.74, 6) is 0.643. The van der Waals surface area contributed by atoms with Gasteiger partial charge in [-0.2, -0.15) is 0 Å². The Morgan fingerprint density at radius 1 is 1.19 bits per heavy atom. The molecule has 0 N–H and O–H groups in total. The first-order chi connectivity index (χ1) is 10.3. The van der Waals surface area contributed by atoms with E-state index >= 15 is 0 Å². The van der Waals surface area contributed by atoms with Crippen LogP contribution >= 0.6 is 11.6 Å². The van der Waals surface area contributed by atoms with Gasteiger partial charge < -0.3 is 4.90 Å². The third kappa shape index (κ3) is 4.05. The third-order valence-electron chi connectivity index (χ3n) is 4.29. The van der Waals surface area contributed by atoms with Gasteiger partial charge in [0.05, 0.1) is 0 Å². The maximum absolute atomic E-state index is 5.98. The number of hydrogen-bond donors (Lipinski definition) is 0. The van der Waals surface area contributed by atoms with Crippen molar-refractivity contribution in [3.8, 4) is 0 Å². The van der Waals surface area contributed by atoms with Gasteiger partial charge in [-0.1, -0.05) is 29.8 Å². The van der Waals surface area contributed by atoms with Crippen LogP contribution in [0.15, 0.2) is 48.8 Å². The second-order valence-electron chi connectivity index (χ2n) is 5.80. The van der Waals surface area contributed by atoms with Crippen LogP contribution in [0, 0.1) is 0 Å². The molecule has 1 fully saturated rings. The zero-order valence-electron chi connectivity index (χ0n) is 12.2. The second kappa shape index (κ2) is 7.06. The van der Waals surface area contributed by atoms with Crippen LogP contribution < -0.4 is 0 Å². The van der Waals surface area contributed by atoms with E-state index in [2.05, 4.69) is 28.1 Å². The number of likely N-dealkylation sites (tertiary alicyclic amines) is 1. The van der Waals surface area contributed by atoms with Crippen molar-refractivity contribution in [2.75, 3.05) is 19.6 Å². The molecule has 1 atom stereocenters. The Bertz CT molecular complexity index is 553. The smallest absolute Gasteiger partial charge is 0.0406 e. The van der Waals surface area contributed by atoms with Gasteiger partial charge in [-0.25, -0.2) is 0 Å². The summed E-state index contributed by atoms with van der Waals surface area (Å²) >= 11 is 5.98. The highest BCUT2D eigenvalue weighted by molar-refractivity contribution is 6.30. The predicted molar refractivity (Wildman–Crippen MR) is 87.8 cm³/mol. The van der Waals surface area contributed by atoms with E-state index in [1.54, 1.807) is 0 Å². The van der Waals surface area contributed by atoms with Crippen LogP contribution in [0.3, 0.4) is 0 Å². The molecule has 0 unspecified atom stereocenters. The molecule has 1 saturated heterocycles. The van der Waals surface area contributed by atoms with E-state index in [4.69, 9.17) is 11.6 Å². The molecule has 0 amide bonds. The molecule has 21 heavy (non-hydrogen) atoms. The normalized spacial score (nSPS) is 19.6. The minimum Gasteiger partial charge on any atom is -0.302 e. The van der Waals surface area contributed by atoms with Gasteiger partial charge in [0.15, 0.2) is 0 Å². The number of piperidine rings is 1. The summed E-state index contributed by atoms with van der Waals surface area (Å²) in [5, 5.41) is 0.822. The van der Waals surface area contributed by atoms with Crippen molar-refractivity contribution < 1.29 is 0 Å². The summed E-state index contributed by atoms with van der Waals surface area (Å²) in [7, 11) is 0. The van der Waals surface area contributed by atoms with Gasteiger partial charge in [0.1, 0.15) is 0 Å². The standard InChI is InChI=1S/C18H21ClN2/c19-18-7-5-16(6-8-18)17-4-2-11-21(14-17)12-9-15-3-1-10-20-13-15/h1,3,5-8,10,13,17H,2,4,9,11-12,14H2/t17-/m1/s1. The summed E-state index contributed by atoms with van der Waals surface area (Å²) in [6.07, 6.45) is 7.45. The van der Waals surface area contributed by atoms with Gasteiger partial charge >= 0.3 is 0 Å². The van der Waals surface area contributed by atoms with Gasteiger partial charge in [-0.05, 0) is 61.1 Å². The molecule has 3 heteroatoms. The molecule has 1 aromatic heterocycles. The highest BCUT2D eigenvalue weighted by atomic mass is 35.5. The van der Waals surface area contributed by atoms with Crippen molar-refractivity contribution in [1.29, 1.82) is 0 Å². The first-order valence-electron chi connectivity index (χ1n) is 7.68. The molecule has 0 spiro atoms. The zero-order chi connectivity index (χ0) is 14.5. The van der Waals surface area contributed by atoms with E-state index in [-0.39, 0.29) is 0 Å². The Morgan fingerprint density at radius 2 is 2.05 bits per heavy atom. The quantitative estimate of drug-likeness (QED) is 0.843. The number of halogens is 1. The van der Waals surface area contributed by atoms with Crippen LogP contribution in [0.1, 0.15) is 29.9 Å². The molecule has 1 aliphatic rings. The molecule has 3 rings (SSSR count). The molecule has 1 aromatic carbocycles. The zero-order valence-corrected chi connectivity index (χ0v) is 13.0. The summed E-state index contributed by atoms with van der Waals surface area (Å²) < 4.78 is 0. The van der Waals surface area contributed by atoms with Gasteiger partial charge in [0.2, 0.25) is 0 Å². The summed E-state index contributed by atoms with van der Waals surface area (Å²) in [5.41, 5.74) is 2.75. The minimum atomic E-state index is 0.643. The lowest BCUT2D eigenvalue weighted by Crippen LogP contribution is -2.35. The van der Waals surface area contributed by atoms with Crippen LogP contribution in [0.2, 0.25) is 5.02 Å². The molecular weight excluding hydrogens is 280 g/mol. The largest absolute Gasteiger partial charge is 0.302 e. The Hall–Kier alpha value is -1.38. The second-order valence-corrected chi connectivity index (χ2v) is 6.24. The van der Waals surface area contributed by atoms with Gasteiger partial charge in [0, 0.05) is 30.5 Å². The van der Waals surface area contributed by atoms with Crippen molar-refractivity contribution in [2.45, 2.75) is 25.2 Å². The van der Waals surface area contributed by atoms with E-state index in [1.165, 1.54) is 30.5 Å². The molecule has 2 aromatic rings. The average molecular weight is 301 g/mol. The number of pyridine rings is 1. The van der Waals surface area contributed by atoms with Crippen molar-refractivity contribution in [1.82, 2.24) is 9.88 Å². The maximum atomic E-state index is 5.98. The van der Waals surface area contributed by atoms with Crippen molar-refractivity contribution in [3.05, 3.63) is 64.9 Å². The molecule has 110 valence electrons. The number of hydrogen-bond acceptors (Lipinski definition) is 2. The van der Waals surface area contributed by atoms with Crippen LogP contribution in [0.4, 0.5) is 0 Å². The van der Waals surface area contributed by atoms with Crippen LogP contribution in [-0.4, -0.2) is 29.5 Å². The monoisotopic (exact) mass is 300 g/mol. The lowest BCUT2D eigenvalue weighted by Gasteiger charge is -2.33. The molecule has 2 heterocycles. The highest BCUT2D eigenvalue weighted by Gasteiger charge is 2.20. The Morgan fingerprint density at radius 3 is 2.81 bits per heavy atom. The molecule has 0 bridgehead atoms. The fraction of sp³-hybridized carbons (Fsp3) is 0.389. The van der Waals surface area contributed by atoms with Gasteiger partial charge in [-0.15, -0.1) is 0 Å². The summed E-state index contributed by atoms with van der Waals surface area (Å²) in [6, 6.07) is 12.5. The average Bonchev–Trinajstić information content (AvgIpc) is 2.55. The molecule has 2 nitrogen and oxygen atoms in total. The molecule has 0 radical (unpaired) electrons. The fourth-order valence-electron chi connectivity index (χ4n) is 3.10. The van der Waals surface area contributed by atoms with Crippen molar-refractivity contribution in [2.24, 2.45) is 0 Å². The van der Waals surface area contributed by atoms with Crippen LogP contribution in [0.5, 0.6) is 0 Å². The van der Waals surface area contributed by atoms with Crippen molar-refractivity contribution in [3.63, 3.8) is 0 Å². The van der Waals surface area contributed by atoms with Crippen molar-refractivity contribution >= 4 is 11.6 Å². The van der Waals surface area contributed by atoms with Gasteiger partial charge in [-0.3, -0.25) is 4.98 Å². The number of aromatic nitrogens is 1. The highest BCUT2D eigenvalue weighted by Crippen LogP contribution is 2.27. The SMILES string of the molecule is Clc1ccc([C@@H]2CCCN(CCc3cccnc3)C2)cc1. The Balaban J connectivity index is 1.57. The first kappa shape index (κ1) is 14.6. The van der Waals surface area contributed by atoms with E-state index < -0.39 is 0 Å². The van der Waals surface area contributed by atoms with E-state index in [0.717, 1.165) is 24.5 Å². The van der Waals surface area contributed by atoms with Gasteiger partial charge in [0.25, 0.3) is 0 Å². The maximum Gasteiger partial charge on any atom is 0.0406 e. The number of benzene rings is 1. The van der Waals surface area contributed by atoms with Crippen LogP contribution in [-0.2, 0) is 6.42 Å². The van der Waals surface area contributed by atoms with E-state index in [9.17, 15) is 0 Å². The minimum absolute atomic E-state index is 0.643. The predicted octanol–water partition coefficient (Wildman–Crippen LogP) is 4.16. The molecular formula is C18H21ClN2. The summed E-state index contributed by atoms with van der Waals surface area (Å²) in [6.45, 7) is 3.49. The molecule has 1 aliphatic heterocycles. The fourth-order valence-corrected chi connectivity index (χ4v) is 3.22.